The van der Waals surface area contributed by atoms with Gasteiger partial charge in [-0.15, -0.1) is 11.8 Å². The minimum atomic E-state index is -0.723. The number of esters is 1. The molecule has 45 heavy (non-hydrogen) atoms. The molecule has 0 aromatic heterocycles. The summed E-state index contributed by atoms with van der Waals surface area (Å²) in [4.78, 5) is 38.5. The van der Waals surface area contributed by atoms with E-state index in [1.807, 2.05) is 32.0 Å². The van der Waals surface area contributed by atoms with Gasteiger partial charge in [0.05, 0.1) is 17.9 Å². The van der Waals surface area contributed by atoms with E-state index in [4.69, 9.17) is 10.5 Å². The maximum Gasteiger partial charge on any atom is 0.323 e. The monoisotopic (exact) mass is 632 g/mol. The molecule has 1 heterocycles. The van der Waals surface area contributed by atoms with E-state index in [0.717, 1.165) is 53.6 Å². The van der Waals surface area contributed by atoms with Gasteiger partial charge in [-0.2, -0.15) is 0 Å². The maximum atomic E-state index is 13.8. The summed E-state index contributed by atoms with van der Waals surface area (Å²) < 4.78 is 19.1. The van der Waals surface area contributed by atoms with Crippen LogP contribution in [0.1, 0.15) is 63.1 Å². The molecule has 0 radical (unpaired) electrons. The Morgan fingerprint density at radius 2 is 1.69 bits per heavy atom. The van der Waals surface area contributed by atoms with Crippen LogP contribution in [0.15, 0.2) is 78.9 Å². The molecule has 3 aromatic rings. The second-order valence-electron chi connectivity index (χ2n) is 12.3. The van der Waals surface area contributed by atoms with Crippen LogP contribution in [0.4, 0.5) is 4.39 Å². The number of thioether (sulfide) groups is 1. The zero-order chi connectivity index (χ0) is 32.2. The summed E-state index contributed by atoms with van der Waals surface area (Å²) >= 11 is 1.63. The average Bonchev–Trinajstić information content (AvgIpc) is 3.04. The van der Waals surface area contributed by atoms with Crippen LogP contribution >= 0.6 is 11.8 Å². The summed E-state index contributed by atoms with van der Waals surface area (Å²) in [7, 11) is 0. The van der Waals surface area contributed by atoms with Crippen molar-refractivity contribution in [3.63, 3.8) is 0 Å². The van der Waals surface area contributed by atoms with Gasteiger partial charge < -0.3 is 20.6 Å². The molecule has 1 aliphatic rings. The SMILES string of the molecule is CC(C)[C@H](N)C(=O)OCC[C@H](NC(=O)[C@H]1CC(C(C=O)Cc2ccc(-c3ccccc3)cc2)CCCCS1)c1ccc(F)cc1. The van der Waals surface area contributed by atoms with Gasteiger partial charge in [-0.25, -0.2) is 4.39 Å². The minimum Gasteiger partial charge on any atom is -0.464 e. The van der Waals surface area contributed by atoms with E-state index in [1.165, 1.54) is 12.1 Å². The Kier molecular flexibility index (Phi) is 13.2. The number of carbonyl (C=O) groups is 3. The summed E-state index contributed by atoms with van der Waals surface area (Å²) in [6.07, 6.45) is 5.50. The highest BCUT2D eigenvalue weighted by Crippen LogP contribution is 2.34. The Balaban J connectivity index is 1.43. The number of carbonyl (C=O) groups excluding carboxylic acids is 3. The molecule has 4 rings (SSSR count). The van der Waals surface area contributed by atoms with Gasteiger partial charge in [-0.1, -0.05) is 87.0 Å². The van der Waals surface area contributed by atoms with Crippen molar-refractivity contribution in [2.45, 2.75) is 69.7 Å². The van der Waals surface area contributed by atoms with E-state index in [-0.39, 0.29) is 41.3 Å². The third kappa shape index (κ3) is 10.3. The first-order chi connectivity index (χ1) is 21.7. The van der Waals surface area contributed by atoms with E-state index >= 15 is 0 Å². The molecule has 0 bridgehead atoms. The first kappa shape index (κ1) is 34.4. The normalized spacial score (nSPS) is 19.0. The highest BCUT2D eigenvalue weighted by atomic mass is 32.2. The van der Waals surface area contributed by atoms with Crippen LogP contribution in [0.25, 0.3) is 11.1 Å². The van der Waals surface area contributed by atoms with Crippen LogP contribution in [0.5, 0.6) is 0 Å². The molecule has 2 unspecified atom stereocenters. The number of aldehydes is 1. The lowest BCUT2D eigenvalue weighted by Crippen LogP contribution is -2.40. The quantitative estimate of drug-likeness (QED) is 0.157. The van der Waals surface area contributed by atoms with Gasteiger partial charge in [0.25, 0.3) is 0 Å². The van der Waals surface area contributed by atoms with Crippen molar-refractivity contribution in [3.8, 4) is 11.1 Å². The molecule has 3 N–H and O–H groups in total. The molecule has 1 fully saturated rings. The zero-order valence-electron chi connectivity index (χ0n) is 26.2. The van der Waals surface area contributed by atoms with E-state index < -0.39 is 18.1 Å². The van der Waals surface area contributed by atoms with Crippen LogP contribution in [0.2, 0.25) is 0 Å². The standard InChI is InChI=1S/C37H45FN2O4S/c1-25(2)35(39)37(43)44-20-19-33(29-15-17-32(38)18-16-29)40-36(42)34-23-30(10-6-7-21-45-34)31(24-41)22-26-11-13-28(14-12-26)27-8-4-3-5-9-27/h3-5,8-9,11-18,24-25,30-31,33-35H,6-7,10,19-23,39H2,1-2H3,(H,40,42)/t30?,31?,33-,34+,35-/m0/s1. The minimum absolute atomic E-state index is 0.0572. The van der Waals surface area contributed by atoms with Crippen LogP contribution in [-0.4, -0.2) is 41.8 Å². The van der Waals surface area contributed by atoms with Crippen molar-refractivity contribution in [2.75, 3.05) is 12.4 Å². The molecular formula is C37H45FN2O4S. The molecule has 240 valence electrons. The molecule has 0 saturated carbocycles. The predicted molar refractivity (Wildman–Crippen MR) is 179 cm³/mol. The number of nitrogens with one attached hydrogen (secondary N) is 1. The Morgan fingerprint density at radius 1 is 1.00 bits per heavy atom. The Labute approximate surface area is 270 Å². The summed E-state index contributed by atoms with van der Waals surface area (Å²) in [5.41, 5.74) is 10.0. The summed E-state index contributed by atoms with van der Waals surface area (Å²) in [6.45, 7) is 3.77. The van der Waals surface area contributed by atoms with Crippen LogP contribution in [-0.2, 0) is 25.5 Å². The van der Waals surface area contributed by atoms with E-state index in [1.54, 1.807) is 23.9 Å². The van der Waals surface area contributed by atoms with Gasteiger partial charge in [0, 0.05) is 12.3 Å². The lowest BCUT2D eigenvalue weighted by Gasteiger charge is -2.30. The topological polar surface area (TPSA) is 98.5 Å². The molecule has 1 aliphatic heterocycles. The molecule has 6 nitrogen and oxygen atoms in total. The van der Waals surface area contributed by atoms with Crippen molar-refractivity contribution in [3.05, 3.63) is 95.8 Å². The first-order valence-electron chi connectivity index (χ1n) is 15.9. The Hall–Kier alpha value is -3.49. The van der Waals surface area contributed by atoms with Crippen LogP contribution in [0, 0.1) is 23.6 Å². The maximum absolute atomic E-state index is 13.8. The summed E-state index contributed by atoms with van der Waals surface area (Å²) in [5, 5.41) is 2.82. The van der Waals surface area contributed by atoms with Gasteiger partial charge in [0.2, 0.25) is 5.91 Å². The van der Waals surface area contributed by atoms with E-state index in [2.05, 4.69) is 41.7 Å². The Morgan fingerprint density at radius 3 is 2.36 bits per heavy atom. The summed E-state index contributed by atoms with van der Waals surface area (Å²) in [6, 6.07) is 23.4. The first-order valence-corrected chi connectivity index (χ1v) is 17.0. The van der Waals surface area contributed by atoms with Crippen molar-refractivity contribution in [1.29, 1.82) is 0 Å². The second kappa shape index (κ2) is 17.3. The fourth-order valence-corrected chi connectivity index (χ4v) is 7.01. The number of benzene rings is 3. The number of ether oxygens (including phenoxy) is 1. The number of halogens is 1. The molecule has 3 aromatic carbocycles. The molecular weight excluding hydrogens is 587 g/mol. The summed E-state index contributed by atoms with van der Waals surface area (Å²) in [5.74, 6) is -0.291. The van der Waals surface area contributed by atoms with Gasteiger partial charge in [0.1, 0.15) is 18.1 Å². The van der Waals surface area contributed by atoms with Crippen molar-refractivity contribution >= 4 is 29.9 Å². The highest BCUT2D eigenvalue weighted by molar-refractivity contribution is 8.00. The lowest BCUT2D eigenvalue weighted by molar-refractivity contribution is -0.146. The number of nitrogens with two attached hydrogens (primary N) is 1. The van der Waals surface area contributed by atoms with Gasteiger partial charge in [-0.05, 0) is 77.7 Å². The average molecular weight is 633 g/mol. The van der Waals surface area contributed by atoms with Gasteiger partial charge in [0.15, 0.2) is 0 Å². The van der Waals surface area contributed by atoms with E-state index in [9.17, 15) is 18.8 Å². The molecule has 1 amide bonds. The highest BCUT2D eigenvalue weighted by Gasteiger charge is 2.31. The van der Waals surface area contributed by atoms with Crippen LogP contribution in [0.3, 0.4) is 0 Å². The van der Waals surface area contributed by atoms with Crippen molar-refractivity contribution in [2.24, 2.45) is 23.5 Å². The molecule has 5 atom stereocenters. The molecule has 0 aliphatic carbocycles. The third-order valence-electron chi connectivity index (χ3n) is 8.64. The predicted octanol–water partition coefficient (Wildman–Crippen LogP) is 6.92. The third-order valence-corrected chi connectivity index (χ3v) is 9.97. The number of rotatable bonds is 13. The van der Waals surface area contributed by atoms with Gasteiger partial charge in [-0.3, -0.25) is 9.59 Å². The van der Waals surface area contributed by atoms with E-state index in [0.29, 0.717) is 19.3 Å². The molecule has 8 heteroatoms. The molecule has 1 saturated heterocycles. The molecule has 0 spiro atoms. The van der Waals surface area contributed by atoms with Gasteiger partial charge >= 0.3 is 5.97 Å². The largest absolute Gasteiger partial charge is 0.464 e. The number of hydrogen-bond donors (Lipinski definition) is 2. The fraction of sp³-hybridized carbons (Fsp3) is 0.432. The smallest absolute Gasteiger partial charge is 0.323 e. The lowest BCUT2D eigenvalue weighted by atomic mass is 9.81. The second-order valence-corrected chi connectivity index (χ2v) is 13.6. The number of hydrogen-bond acceptors (Lipinski definition) is 6. The van der Waals surface area contributed by atoms with Crippen molar-refractivity contribution in [1.82, 2.24) is 5.32 Å². The Bertz CT molecular complexity index is 1370. The van der Waals surface area contributed by atoms with Crippen molar-refractivity contribution < 1.29 is 23.5 Å². The zero-order valence-corrected chi connectivity index (χ0v) is 27.0. The fourth-order valence-electron chi connectivity index (χ4n) is 5.76. The number of amides is 1. The van der Waals surface area contributed by atoms with Crippen LogP contribution < -0.4 is 11.1 Å².